The fourth-order valence-corrected chi connectivity index (χ4v) is 3.10. The second-order valence-corrected chi connectivity index (χ2v) is 5.87. The number of morpholine rings is 1. The maximum Gasteiger partial charge on any atom is 0.147 e. The highest BCUT2D eigenvalue weighted by Crippen LogP contribution is 2.24. The molecule has 0 amide bonds. The Hall–Kier alpha value is -1.70. The van der Waals surface area contributed by atoms with Crippen molar-refractivity contribution in [3.05, 3.63) is 35.8 Å². The van der Waals surface area contributed by atoms with E-state index in [1.165, 1.54) is 0 Å². The lowest BCUT2D eigenvalue weighted by molar-refractivity contribution is -0.0336. The molecule has 1 saturated heterocycles. The average molecular weight is 320 g/mol. The van der Waals surface area contributed by atoms with Gasteiger partial charge in [0.25, 0.3) is 0 Å². The molecule has 0 bridgehead atoms. The van der Waals surface area contributed by atoms with Crippen molar-refractivity contribution in [3.63, 3.8) is 0 Å². The molecule has 2 atom stereocenters. The normalized spacial score (nSPS) is 20.7. The van der Waals surface area contributed by atoms with Crippen molar-refractivity contribution in [1.82, 2.24) is 19.7 Å². The zero-order valence-electron chi connectivity index (χ0n) is 13.7. The third kappa shape index (κ3) is 3.63. The number of furan rings is 1. The molecule has 0 radical (unpaired) electrons. The molecular weight excluding hydrogens is 296 g/mol. The Labute approximate surface area is 135 Å². The third-order valence-electron chi connectivity index (χ3n) is 4.39. The highest BCUT2D eigenvalue weighted by atomic mass is 16.5. The van der Waals surface area contributed by atoms with Gasteiger partial charge in [0, 0.05) is 19.1 Å². The number of aryl methyl sites for hydroxylation is 1. The number of ether oxygens (including phenoxy) is 1. The molecule has 1 N–H and O–H groups in total. The number of aliphatic hydroxyl groups is 1. The number of hydrogen-bond donors (Lipinski definition) is 1. The Kier molecular flexibility index (Phi) is 5.09. The summed E-state index contributed by atoms with van der Waals surface area (Å²) < 4.78 is 13.0. The van der Waals surface area contributed by atoms with Crippen LogP contribution in [-0.4, -0.2) is 50.6 Å². The molecule has 3 rings (SSSR count). The second kappa shape index (κ2) is 7.25. The van der Waals surface area contributed by atoms with Crippen LogP contribution in [0, 0.1) is 6.92 Å². The quantitative estimate of drug-likeness (QED) is 0.870. The van der Waals surface area contributed by atoms with Gasteiger partial charge in [-0.2, -0.15) is 0 Å². The van der Waals surface area contributed by atoms with E-state index in [1.54, 1.807) is 18.4 Å². The van der Waals surface area contributed by atoms with Crippen LogP contribution in [0.25, 0.3) is 0 Å². The van der Waals surface area contributed by atoms with Crippen LogP contribution in [0.1, 0.15) is 36.9 Å². The summed E-state index contributed by atoms with van der Waals surface area (Å²) in [5.41, 5.74) is 0. The Bertz CT molecular complexity index is 611. The van der Waals surface area contributed by atoms with Crippen LogP contribution >= 0.6 is 0 Å². The fraction of sp³-hybridized carbons (Fsp3) is 0.625. The van der Waals surface area contributed by atoms with E-state index in [0.717, 1.165) is 24.7 Å². The second-order valence-electron chi connectivity index (χ2n) is 5.87. The van der Waals surface area contributed by atoms with Crippen molar-refractivity contribution in [1.29, 1.82) is 0 Å². The zero-order chi connectivity index (χ0) is 16.2. The molecule has 0 spiro atoms. The van der Waals surface area contributed by atoms with Gasteiger partial charge < -0.3 is 18.8 Å². The van der Waals surface area contributed by atoms with E-state index in [-0.39, 0.29) is 6.04 Å². The van der Waals surface area contributed by atoms with E-state index < -0.39 is 6.10 Å². The van der Waals surface area contributed by atoms with Gasteiger partial charge in [0.15, 0.2) is 0 Å². The molecule has 0 aromatic carbocycles. The van der Waals surface area contributed by atoms with Crippen LogP contribution in [-0.2, 0) is 17.8 Å². The summed E-state index contributed by atoms with van der Waals surface area (Å²) in [6, 6.07) is 3.72. The molecule has 0 saturated carbocycles. The van der Waals surface area contributed by atoms with Gasteiger partial charge in [-0.25, -0.2) is 0 Å². The van der Waals surface area contributed by atoms with Crippen molar-refractivity contribution in [3.8, 4) is 0 Å². The van der Waals surface area contributed by atoms with E-state index in [4.69, 9.17) is 9.15 Å². The summed E-state index contributed by atoms with van der Waals surface area (Å²) in [6.45, 7) is 7.77. The van der Waals surface area contributed by atoms with Crippen LogP contribution in [0.15, 0.2) is 22.8 Å². The number of hydrogen-bond acceptors (Lipinski definition) is 6. The SMILES string of the molecule is CCn1c(C)nnc1CN1CCOCC1CC(O)c1ccco1. The Morgan fingerprint density at radius 1 is 1.43 bits per heavy atom. The molecule has 1 aliphatic heterocycles. The van der Waals surface area contributed by atoms with E-state index in [1.807, 2.05) is 6.92 Å². The monoisotopic (exact) mass is 320 g/mol. The maximum atomic E-state index is 10.3. The smallest absolute Gasteiger partial charge is 0.147 e. The molecular formula is C16H24N4O3. The number of nitrogens with zero attached hydrogens (tertiary/aromatic N) is 4. The molecule has 0 aliphatic carbocycles. The van der Waals surface area contributed by atoms with Crippen molar-refractivity contribution >= 4 is 0 Å². The molecule has 2 aromatic heterocycles. The molecule has 1 fully saturated rings. The minimum atomic E-state index is -0.620. The van der Waals surface area contributed by atoms with Gasteiger partial charge in [0.05, 0.1) is 26.0 Å². The van der Waals surface area contributed by atoms with Gasteiger partial charge in [-0.3, -0.25) is 4.90 Å². The van der Waals surface area contributed by atoms with Gasteiger partial charge in [0.2, 0.25) is 0 Å². The lowest BCUT2D eigenvalue weighted by Gasteiger charge is -2.36. The molecule has 3 heterocycles. The van der Waals surface area contributed by atoms with E-state index in [0.29, 0.717) is 31.9 Å². The van der Waals surface area contributed by atoms with Crippen LogP contribution < -0.4 is 0 Å². The van der Waals surface area contributed by atoms with Gasteiger partial charge in [-0.15, -0.1) is 10.2 Å². The van der Waals surface area contributed by atoms with Gasteiger partial charge in [0.1, 0.15) is 23.5 Å². The summed E-state index contributed by atoms with van der Waals surface area (Å²) in [7, 11) is 0. The zero-order valence-corrected chi connectivity index (χ0v) is 13.7. The van der Waals surface area contributed by atoms with Crippen molar-refractivity contribution in [2.45, 2.75) is 45.5 Å². The molecule has 23 heavy (non-hydrogen) atoms. The van der Waals surface area contributed by atoms with Gasteiger partial charge >= 0.3 is 0 Å². The van der Waals surface area contributed by atoms with E-state index >= 15 is 0 Å². The highest BCUT2D eigenvalue weighted by molar-refractivity contribution is 5.03. The van der Waals surface area contributed by atoms with Crippen LogP contribution in [0.4, 0.5) is 0 Å². The Balaban J connectivity index is 1.68. The molecule has 126 valence electrons. The molecule has 7 heteroatoms. The fourth-order valence-electron chi connectivity index (χ4n) is 3.10. The minimum Gasteiger partial charge on any atom is -0.467 e. The largest absolute Gasteiger partial charge is 0.467 e. The van der Waals surface area contributed by atoms with Crippen LogP contribution in [0.5, 0.6) is 0 Å². The standard InChI is InChI=1S/C16H24N4O3/c1-3-20-12(2)17-18-16(20)10-19-6-8-22-11-13(19)9-14(21)15-5-4-7-23-15/h4-5,7,13-14,21H,3,6,8-11H2,1-2H3. The molecule has 1 aliphatic rings. The molecule has 7 nitrogen and oxygen atoms in total. The first-order chi connectivity index (χ1) is 11.2. The summed E-state index contributed by atoms with van der Waals surface area (Å²) in [5, 5.41) is 18.8. The molecule has 2 aromatic rings. The summed E-state index contributed by atoms with van der Waals surface area (Å²) >= 11 is 0. The Morgan fingerprint density at radius 2 is 2.30 bits per heavy atom. The first-order valence-electron chi connectivity index (χ1n) is 8.11. The molecule has 2 unspecified atom stereocenters. The highest BCUT2D eigenvalue weighted by Gasteiger charge is 2.28. The van der Waals surface area contributed by atoms with Crippen LogP contribution in [0.3, 0.4) is 0 Å². The average Bonchev–Trinajstić information content (AvgIpc) is 3.19. The van der Waals surface area contributed by atoms with Crippen molar-refractivity contribution in [2.24, 2.45) is 0 Å². The third-order valence-corrected chi connectivity index (χ3v) is 4.39. The number of aromatic nitrogens is 3. The lowest BCUT2D eigenvalue weighted by Crippen LogP contribution is -2.46. The first-order valence-corrected chi connectivity index (χ1v) is 8.11. The van der Waals surface area contributed by atoms with Gasteiger partial charge in [-0.1, -0.05) is 0 Å². The minimum absolute atomic E-state index is 0.131. The lowest BCUT2D eigenvalue weighted by atomic mass is 10.1. The topological polar surface area (TPSA) is 76.6 Å². The predicted molar refractivity (Wildman–Crippen MR) is 83.7 cm³/mol. The summed E-state index contributed by atoms with van der Waals surface area (Å²) in [6.07, 6.45) is 1.54. The van der Waals surface area contributed by atoms with Crippen molar-refractivity contribution < 1.29 is 14.3 Å². The van der Waals surface area contributed by atoms with E-state index in [2.05, 4.69) is 26.6 Å². The van der Waals surface area contributed by atoms with Crippen LogP contribution in [0.2, 0.25) is 0 Å². The predicted octanol–water partition coefficient (Wildman–Crippen LogP) is 1.52. The maximum absolute atomic E-state index is 10.3. The Morgan fingerprint density at radius 3 is 3.04 bits per heavy atom. The van der Waals surface area contributed by atoms with E-state index in [9.17, 15) is 5.11 Å². The number of rotatable bonds is 6. The first kappa shape index (κ1) is 16.2. The van der Waals surface area contributed by atoms with Crippen molar-refractivity contribution in [2.75, 3.05) is 19.8 Å². The summed E-state index contributed by atoms with van der Waals surface area (Å²) in [5.74, 6) is 2.50. The van der Waals surface area contributed by atoms with Gasteiger partial charge in [-0.05, 0) is 32.4 Å². The number of aliphatic hydroxyl groups excluding tert-OH is 1. The summed E-state index contributed by atoms with van der Waals surface area (Å²) in [4.78, 5) is 2.31.